The van der Waals surface area contributed by atoms with Crippen LogP contribution in [-0.4, -0.2) is 45.8 Å². The highest BCUT2D eigenvalue weighted by molar-refractivity contribution is 6.05. The lowest BCUT2D eigenvalue weighted by Gasteiger charge is -2.63. The van der Waals surface area contributed by atoms with Crippen LogP contribution >= 0.6 is 0 Å². The predicted octanol–water partition coefficient (Wildman–Crippen LogP) is 6.59. The van der Waals surface area contributed by atoms with Gasteiger partial charge in [-0.3, -0.25) is 4.79 Å². The number of halogens is 4. The third kappa shape index (κ3) is 6.02. The van der Waals surface area contributed by atoms with E-state index in [1.165, 1.54) is 49.4 Å². The van der Waals surface area contributed by atoms with Crippen LogP contribution in [0.4, 0.5) is 17.6 Å². The second kappa shape index (κ2) is 11.6. The van der Waals surface area contributed by atoms with Crippen LogP contribution in [0.25, 0.3) is 10.8 Å². The van der Waals surface area contributed by atoms with Crippen molar-refractivity contribution in [1.82, 2.24) is 5.32 Å². The van der Waals surface area contributed by atoms with Crippen molar-refractivity contribution in [2.45, 2.75) is 76.0 Å². The van der Waals surface area contributed by atoms with Crippen LogP contribution in [0.5, 0.6) is 5.75 Å². The Labute approximate surface area is 261 Å². The van der Waals surface area contributed by atoms with Gasteiger partial charge in [0.1, 0.15) is 24.2 Å². The summed E-state index contributed by atoms with van der Waals surface area (Å²) in [4.78, 5) is 38.4. The second-order valence-electron chi connectivity index (χ2n) is 13.1. The molecule has 1 amide bonds. The summed E-state index contributed by atoms with van der Waals surface area (Å²) in [5, 5.41) is 23.5. The molecule has 3 N–H and O–H groups in total. The average molecular weight is 644 g/mol. The number of amides is 1. The fourth-order valence-electron chi connectivity index (χ4n) is 8.39. The van der Waals surface area contributed by atoms with Gasteiger partial charge in [-0.25, -0.2) is 14.0 Å². The topological polar surface area (TPSA) is 122 Å². The van der Waals surface area contributed by atoms with E-state index in [-0.39, 0.29) is 36.2 Å². The molecule has 0 saturated heterocycles. The van der Waals surface area contributed by atoms with Crippen LogP contribution in [0.2, 0.25) is 0 Å². The number of carbonyl (C=O) groups excluding carboxylic acids is 1. The number of fused-ring (bicyclic) bond motifs is 1. The van der Waals surface area contributed by atoms with Crippen molar-refractivity contribution in [3.05, 3.63) is 77.1 Å². The fourth-order valence-corrected chi connectivity index (χ4v) is 8.39. The highest BCUT2D eigenvalue weighted by atomic mass is 19.4. The summed E-state index contributed by atoms with van der Waals surface area (Å²) < 4.78 is 65.3. The van der Waals surface area contributed by atoms with Crippen LogP contribution in [0.3, 0.4) is 0 Å². The summed E-state index contributed by atoms with van der Waals surface area (Å²) in [5.41, 5.74) is -2.14. The van der Waals surface area contributed by atoms with Crippen molar-refractivity contribution < 1.29 is 51.6 Å². The van der Waals surface area contributed by atoms with Crippen molar-refractivity contribution in [3.8, 4) is 5.75 Å². The Bertz CT molecular complexity index is 1680. The van der Waals surface area contributed by atoms with Crippen LogP contribution in [0.15, 0.2) is 54.6 Å². The lowest BCUT2D eigenvalue weighted by atomic mass is 9.46. The number of aliphatic carboxylic acids is 2. The first-order valence-corrected chi connectivity index (χ1v) is 15.1. The van der Waals surface area contributed by atoms with E-state index in [4.69, 9.17) is 9.47 Å². The van der Waals surface area contributed by atoms with Gasteiger partial charge in [0.05, 0.1) is 16.7 Å². The number of hydrogen-bond donors (Lipinski definition) is 3. The summed E-state index contributed by atoms with van der Waals surface area (Å²) in [7, 11) is 0. The number of carbonyl (C=O) groups is 3. The van der Waals surface area contributed by atoms with Crippen LogP contribution in [-0.2, 0) is 27.1 Å². The first-order chi connectivity index (χ1) is 21.7. The average Bonchev–Trinajstić information content (AvgIpc) is 2.96. The van der Waals surface area contributed by atoms with Gasteiger partial charge in [-0.1, -0.05) is 18.2 Å². The molecule has 4 aliphatic carbocycles. The number of carboxylic acid groups (broad SMARTS) is 2. The second-order valence-corrected chi connectivity index (χ2v) is 13.1. The van der Waals surface area contributed by atoms with E-state index in [9.17, 15) is 42.2 Å². The highest BCUT2D eigenvalue weighted by Crippen LogP contribution is 2.64. The fraction of sp³-hybridized carbons (Fsp3) is 0.441. The van der Waals surface area contributed by atoms with Crippen molar-refractivity contribution in [2.24, 2.45) is 17.3 Å². The summed E-state index contributed by atoms with van der Waals surface area (Å²) in [6, 6.07) is 9.78. The number of nitrogens with one attached hydrogen (secondary N) is 1. The summed E-state index contributed by atoms with van der Waals surface area (Å²) in [5.74, 6) is -3.33. The van der Waals surface area contributed by atoms with Crippen molar-refractivity contribution in [3.63, 3.8) is 0 Å². The van der Waals surface area contributed by atoms with E-state index in [2.05, 4.69) is 5.32 Å². The lowest BCUT2D eigenvalue weighted by Crippen LogP contribution is -2.65. The first kappa shape index (κ1) is 31.8. The molecule has 3 unspecified atom stereocenters. The summed E-state index contributed by atoms with van der Waals surface area (Å²) >= 11 is 0. The van der Waals surface area contributed by atoms with Crippen molar-refractivity contribution in [2.75, 3.05) is 0 Å². The minimum absolute atomic E-state index is 0.0209. The van der Waals surface area contributed by atoms with E-state index in [0.29, 0.717) is 42.0 Å². The molecule has 46 heavy (non-hydrogen) atoms. The molecule has 3 aromatic rings. The molecule has 4 atom stereocenters. The molecule has 8 nitrogen and oxygen atoms in total. The molecule has 4 bridgehead atoms. The number of carboxylic acids is 2. The van der Waals surface area contributed by atoms with E-state index in [1.54, 1.807) is 0 Å². The summed E-state index contributed by atoms with van der Waals surface area (Å²) in [6.07, 6.45) is -2.06. The molecular weight excluding hydrogens is 610 g/mol. The van der Waals surface area contributed by atoms with Gasteiger partial charge < -0.3 is 25.0 Å². The molecule has 0 radical (unpaired) electrons. The third-order valence-corrected chi connectivity index (χ3v) is 9.80. The van der Waals surface area contributed by atoms with E-state index in [0.717, 1.165) is 18.6 Å². The minimum Gasteiger partial charge on any atom is -0.487 e. The quantitative estimate of drug-likeness (QED) is 0.213. The zero-order valence-corrected chi connectivity index (χ0v) is 24.9. The minimum atomic E-state index is -4.51. The molecule has 7 rings (SSSR count). The van der Waals surface area contributed by atoms with Crippen LogP contribution in [0.1, 0.15) is 66.9 Å². The Morgan fingerprint density at radius 3 is 2.24 bits per heavy atom. The van der Waals surface area contributed by atoms with Crippen LogP contribution in [0, 0.1) is 23.1 Å². The Kier molecular flexibility index (Phi) is 7.98. The third-order valence-electron chi connectivity index (χ3n) is 9.80. The number of benzene rings is 3. The summed E-state index contributed by atoms with van der Waals surface area (Å²) in [6.45, 7) is 1.24. The maximum Gasteiger partial charge on any atom is 0.416 e. The molecule has 12 heteroatoms. The van der Waals surface area contributed by atoms with E-state index < -0.39 is 58.6 Å². The van der Waals surface area contributed by atoms with Gasteiger partial charge in [-0.05, 0) is 105 Å². The molecule has 0 aromatic heterocycles. The Morgan fingerprint density at radius 1 is 0.957 bits per heavy atom. The van der Waals surface area contributed by atoms with Gasteiger partial charge in [-0.15, -0.1) is 0 Å². The van der Waals surface area contributed by atoms with Crippen molar-refractivity contribution >= 4 is 28.6 Å². The maximum atomic E-state index is 14.1. The van der Waals surface area contributed by atoms with E-state index >= 15 is 0 Å². The number of alkyl halides is 3. The van der Waals surface area contributed by atoms with Gasteiger partial charge >= 0.3 is 18.1 Å². The molecule has 0 heterocycles. The zero-order valence-electron chi connectivity index (χ0n) is 24.9. The van der Waals surface area contributed by atoms with Crippen molar-refractivity contribution in [1.29, 1.82) is 0 Å². The van der Waals surface area contributed by atoms with Gasteiger partial charge in [0, 0.05) is 10.8 Å². The number of hydrogen-bond acceptors (Lipinski definition) is 5. The van der Waals surface area contributed by atoms with Gasteiger partial charge in [0.2, 0.25) is 0 Å². The standard InChI is InChI=1S/C34H33F4NO7/c1-18(30(41)42)46-33-14-20-10-21(15-33)13-32(12-20,17-33)28(31(43)44)39-29(40)26-8-4-22-11-24(35)7-9-25(22)27(26)45-16-19-2-5-23(6-3-19)34(36,37)38/h2-9,11,18,20-21,28H,10,12-17H2,1H3,(H,39,40)(H,41,42)(H,43,44)/t18-,20?,21?,28?,32?,33?/m1/s1. The largest absolute Gasteiger partial charge is 0.487 e. The molecular formula is C34H33F4NO7. The molecule has 0 spiro atoms. The molecule has 4 aliphatic rings. The first-order valence-electron chi connectivity index (χ1n) is 15.1. The Hall–Kier alpha value is -4.19. The Balaban J connectivity index is 1.30. The maximum absolute atomic E-state index is 14.1. The van der Waals surface area contributed by atoms with Gasteiger partial charge in [-0.2, -0.15) is 13.2 Å². The SMILES string of the molecule is C[C@@H](OC12CC3CC(C1)CC(C(NC(=O)c1ccc4cc(F)ccc4c1OCc1ccc(C(F)(F)F)cc1)C(=O)O)(C3)C2)C(=O)O. The normalized spacial score (nSPS) is 26.5. The van der Waals surface area contributed by atoms with E-state index in [1.807, 2.05) is 0 Å². The highest BCUT2D eigenvalue weighted by Gasteiger charge is 2.63. The molecule has 4 saturated carbocycles. The monoisotopic (exact) mass is 643 g/mol. The Morgan fingerprint density at radius 2 is 1.63 bits per heavy atom. The molecule has 3 aromatic carbocycles. The molecule has 0 aliphatic heterocycles. The predicted molar refractivity (Wildman–Crippen MR) is 157 cm³/mol. The lowest BCUT2D eigenvalue weighted by molar-refractivity contribution is -0.222. The zero-order chi connectivity index (χ0) is 33.0. The number of rotatable bonds is 10. The molecule has 244 valence electrons. The number of ether oxygens (including phenoxy) is 2. The van der Waals surface area contributed by atoms with Gasteiger partial charge in [0.25, 0.3) is 5.91 Å². The van der Waals surface area contributed by atoms with Gasteiger partial charge in [0.15, 0.2) is 6.10 Å². The smallest absolute Gasteiger partial charge is 0.416 e. The van der Waals surface area contributed by atoms with Crippen LogP contribution < -0.4 is 10.1 Å². The molecule has 4 fully saturated rings.